The zero-order valence-electron chi connectivity index (χ0n) is 7.44. The fraction of sp³-hybridized carbons (Fsp3) is 0.300. The molecule has 1 aromatic rings. The van der Waals surface area contributed by atoms with E-state index < -0.39 is 0 Å². The van der Waals surface area contributed by atoms with Crippen LogP contribution in [0.1, 0.15) is 23.6 Å². The number of fused-ring (bicyclic) bond motifs is 1. The van der Waals surface area contributed by atoms with E-state index in [1.54, 1.807) is 0 Å². The maximum absolute atomic E-state index is 6.23. The van der Waals surface area contributed by atoms with Gasteiger partial charge in [0.15, 0.2) is 0 Å². The quantitative estimate of drug-likeness (QED) is 0.496. The summed E-state index contributed by atoms with van der Waals surface area (Å²) in [5.41, 5.74) is 2.14. The topological polar surface area (TPSA) is 15.6 Å². The average Bonchev–Trinajstić information content (AvgIpc) is 2.19. The fourth-order valence-corrected chi connectivity index (χ4v) is 1.83. The molecule has 2 rings (SSSR count). The highest BCUT2D eigenvalue weighted by Gasteiger charge is 2.20. The van der Waals surface area contributed by atoms with Crippen molar-refractivity contribution in [1.82, 2.24) is 5.01 Å². The molecular formula is C10H11ClN2. The number of hydrazone groups is 1. The molecule has 0 saturated heterocycles. The van der Waals surface area contributed by atoms with E-state index >= 15 is 0 Å². The van der Waals surface area contributed by atoms with Crippen molar-refractivity contribution in [2.45, 2.75) is 12.4 Å². The minimum absolute atomic E-state index is 0.119. The summed E-state index contributed by atoms with van der Waals surface area (Å²) in [6, 6.07) is 8.07. The van der Waals surface area contributed by atoms with Gasteiger partial charge in [-0.3, -0.25) is 5.01 Å². The summed E-state index contributed by atoms with van der Waals surface area (Å²) in [5, 5.41) is 6.11. The first-order chi connectivity index (χ1) is 6.33. The second-order valence-corrected chi connectivity index (χ2v) is 3.38. The number of halogens is 1. The first-order valence-electron chi connectivity index (χ1n) is 4.36. The van der Waals surface area contributed by atoms with Gasteiger partial charge in [0.1, 0.15) is 5.50 Å². The first-order valence-corrected chi connectivity index (χ1v) is 4.80. The lowest BCUT2D eigenvalue weighted by molar-refractivity contribution is 0.279. The predicted molar refractivity (Wildman–Crippen MR) is 55.0 cm³/mol. The van der Waals surface area contributed by atoms with Gasteiger partial charge in [0, 0.05) is 12.1 Å². The Labute approximate surface area is 82.8 Å². The standard InChI is InChI=1S/C10H11ClN2/c1-2-13-10(11)9-6-4-3-5-8(9)7-12-13/h3-7,10H,2H2,1H3. The van der Waals surface area contributed by atoms with E-state index in [0.717, 1.165) is 17.7 Å². The van der Waals surface area contributed by atoms with Crippen LogP contribution in [0.2, 0.25) is 0 Å². The van der Waals surface area contributed by atoms with Gasteiger partial charge in [0.25, 0.3) is 0 Å². The molecule has 1 aliphatic rings. The number of hydrogen-bond donors (Lipinski definition) is 0. The highest BCUT2D eigenvalue weighted by atomic mass is 35.5. The Bertz CT molecular complexity index is 335. The summed E-state index contributed by atoms with van der Waals surface area (Å²) in [6.07, 6.45) is 1.86. The fourth-order valence-electron chi connectivity index (χ4n) is 1.44. The highest BCUT2D eigenvalue weighted by molar-refractivity contribution is 6.21. The smallest absolute Gasteiger partial charge is 0.146 e. The number of hydrogen-bond acceptors (Lipinski definition) is 2. The van der Waals surface area contributed by atoms with Gasteiger partial charge >= 0.3 is 0 Å². The summed E-state index contributed by atoms with van der Waals surface area (Å²) in [4.78, 5) is 0. The molecule has 2 nitrogen and oxygen atoms in total. The van der Waals surface area contributed by atoms with Crippen molar-refractivity contribution >= 4 is 17.8 Å². The van der Waals surface area contributed by atoms with E-state index in [2.05, 4.69) is 5.10 Å². The van der Waals surface area contributed by atoms with E-state index in [1.165, 1.54) is 0 Å². The van der Waals surface area contributed by atoms with Gasteiger partial charge in [-0.15, -0.1) is 0 Å². The molecular weight excluding hydrogens is 184 g/mol. The van der Waals surface area contributed by atoms with E-state index in [1.807, 2.05) is 42.4 Å². The van der Waals surface area contributed by atoms with Crippen molar-refractivity contribution in [3.8, 4) is 0 Å². The van der Waals surface area contributed by atoms with Gasteiger partial charge in [0.05, 0.1) is 6.21 Å². The third-order valence-electron chi connectivity index (χ3n) is 2.18. The van der Waals surface area contributed by atoms with Crippen LogP contribution in [0.3, 0.4) is 0 Å². The molecule has 1 unspecified atom stereocenters. The molecule has 3 heteroatoms. The Kier molecular flexibility index (Phi) is 2.23. The van der Waals surface area contributed by atoms with Crippen LogP contribution in [0.5, 0.6) is 0 Å². The third kappa shape index (κ3) is 1.42. The molecule has 0 saturated carbocycles. The van der Waals surface area contributed by atoms with Crippen LogP contribution in [-0.4, -0.2) is 17.8 Å². The van der Waals surface area contributed by atoms with Gasteiger partial charge in [-0.05, 0) is 12.5 Å². The molecule has 0 aliphatic carbocycles. The lowest BCUT2D eigenvalue weighted by atomic mass is 10.1. The highest BCUT2D eigenvalue weighted by Crippen LogP contribution is 2.30. The van der Waals surface area contributed by atoms with Crippen LogP contribution < -0.4 is 0 Å². The molecule has 0 amide bonds. The van der Waals surface area contributed by atoms with Gasteiger partial charge in [-0.25, -0.2) is 0 Å². The van der Waals surface area contributed by atoms with Crippen LogP contribution in [0.25, 0.3) is 0 Å². The second kappa shape index (κ2) is 3.38. The number of nitrogens with zero attached hydrogens (tertiary/aromatic N) is 2. The second-order valence-electron chi connectivity index (χ2n) is 2.96. The number of benzene rings is 1. The number of alkyl halides is 1. The van der Waals surface area contributed by atoms with E-state index in [0.29, 0.717) is 0 Å². The average molecular weight is 195 g/mol. The normalized spacial score (nSPS) is 20.2. The van der Waals surface area contributed by atoms with Crippen LogP contribution >= 0.6 is 11.6 Å². The minimum atomic E-state index is -0.119. The Balaban J connectivity index is 2.42. The molecule has 0 N–H and O–H groups in total. The summed E-state index contributed by atoms with van der Waals surface area (Å²) in [5.74, 6) is 0. The SMILES string of the molecule is CCN1N=Cc2ccccc2C1Cl. The molecule has 1 heterocycles. The monoisotopic (exact) mass is 194 g/mol. The van der Waals surface area contributed by atoms with Crippen LogP contribution in [0, 0.1) is 0 Å². The molecule has 0 aromatic heterocycles. The van der Waals surface area contributed by atoms with Crippen molar-refractivity contribution in [3.05, 3.63) is 35.4 Å². The summed E-state index contributed by atoms with van der Waals surface area (Å²) in [7, 11) is 0. The van der Waals surface area contributed by atoms with E-state index in [-0.39, 0.29) is 5.50 Å². The molecule has 68 valence electrons. The third-order valence-corrected chi connectivity index (χ3v) is 2.64. The van der Waals surface area contributed by atoms with Gasteiger partial charge in [0.2, 0.25) is 0 Å². The molecule has 1 aromatic carbocycles. The van der Waals surface area contributed by atoms with Crippen LogP contribution in [-0.2, 0) is 0 Å². The molecule has 1 aliphatic heterocycles. The van der Waals surface area contributed by atoms with E-state index in [9.17, 15) is 0 Å². The summed E-state index contributed by atoms with van der Waals surface area (Å²) < 4.78 is 0. The van der Waals surface area contributed by atoms with Gasteiger partial charge in [-0.2, -0.15) is 5.10 Å². The Morgan fingerprint density at radius 2 is 2.23 bits per heavy atom. The molecule has 1 atom stereocenters. The zero-order valence-corrected chi connectivity index (χ0v) is 8.20. The summed E-state index contributed by atoms with van der Waals surface area (Å²) in [6.45, 7) is 2.87. The lowest BCUT2D eigenvalue weighted by Gasteiger charge is -2.27. The van der Waals surface area contributed by atoms with Crippen molar-refractivity contribution in [2.75, 3.05) is 6.54 Å². The van der Waals surface area contributed by atoms with Crippen LogP contribution in [0.4, 0.5) is 0 Å². The van der Waals surface area contributed by atoms with Gasteiger partial charge in [-0.1, -0.05) is 35.9 Å². The van der Waals surface area contributed by atoms with E-state index in [4.69, 9.17) is 11.6 Å². The predicted octanol–water partition coefficient (Wildman–Crippen LogP) is 2.59. The molecule has 0 radical (unpaired) electrons. The Morgan fingerprint density at radius 3 is 3.00 bits per heavy atom. The van der Waals surface area contributed by atoms with Crippen molar-refractivity contribution < 1.29 is 0 Å². The van der Waals surface area contributed by atoms with Crippen molar-refractivity contribution in [1.29, 1.82) is 0 Å². The zero-order chi connectivity index (χ0) is 9.26. The van der Waals surface area contributed by atoms with Gasteiger partial charge < -0.3 is 0 Å². The molecule has 0 bridgehead atoms. The van der Waals surface area contributed by atoms with Crippen molar-refractivity contribution in [3.63, 3.8) is 0 Å². The van der Waals surface area contributed by atoms with Crippen molar-refractivity contribution in [2.24, 2.45) is 5.10 Å². The summed E-state index contributed by atoms with van der Waals surface area (Å²) >= 11 is 6.23. The largest absolute Gasteiger partial charge is 0.275 e. The maximum atomic E-state index is 6.23. The molecule has 0 spiro atoms. The maximum Gasteiger partial charge on any atom is 0.146 e. The molecule has 0 fully saturated rings. The Morgan fingerprint density at radius 1 is 1.46 bits per heavy atom. The minimum Gasteiger partial charge on any atom is -0.275 e. The first kappa shape index (κ1) is 8.57. The lowest BCUT2D eigenvalue weighted by Crippen LogP contribution is -2.24. The molecule has 13 heavy (non-hydrogen) atoms. The number of rotatable bonds is 1. The van der Waals surface area contributed by atoms with Crippen LogP contribution in [0.15, 0.2) is 29.4 Å². The Hall–Kier alpha value is -1.02.